The first-order chi connectivity index (χ1) is 25.8. The minimum Gasteiger partial charge on any atom is -0.748 e. The molecule has 2 heterocycles. The van der Waals surface area contributed by atoms with Crippen LogP contribution in [0.5, 0.6) is 0 Å². The van der Waals surface area contributed by atoms with E-state index in [1.165, 1.54) is 24.3 Å². The van der Waals surface area contributed by atoms with E-state index < -0.39 is 62.8 Å². The molecular weight excluding hydrogens is 809 g/mol. The van der Waals surface area contributed by atoms with Gasteiger partial charge in [0.15, 0.2) is 5.71 Å². The first-order valence-corrected chi connectivity index (χ1v) is 23.7. The molecule has 0 saturated heterocycles. The average molecular weight is 855 g/mol. The van der Waals surface area contributed by atoms with E-state index >= 15 is 0 Å². The van der Waals surface area contributed by atoms with Crippen molar-refractivity contribution < 1.29 is 61.2 Å². The second-order valence-electron chi connectivity index (χ2n) is 15.0. The Balaban J connectivity index is 1.57. The van der Waals surface area contributed by atoms with E-state index in [1.807, 2.05) is 61.5 Å². The van der Waals surface area contributed by atoms with Crippen molar-refractivity contribution in [2.24, 2.45) is 0 Å². The highest BCUT2D eigenvalue weighted by Gasteiger charge is 2.45. The molecule has 3 N–H and O–H groups in total. The third-order valence-electron chi connectivity index (χ3n) is 10.4. The fraction of sp³-hybridized carbons (Fsp3) is 0.432. The van der Waals surface area contributed by atoms with Gasteiger partial charge in [0.25, 0.3) is 30.4 Å². The van der Waals surface area contributed by atoms with E-state index in [-0.39, 0.29) is 35.7 Å². The molecular formula is C37H46N2O13S4. The Hall–Kier alpha value is -3.69. The van der Waals surface area contributed by atoms with Gasteiger partial charge in [-0.15, -0.1) is 0 Å². The van der Waals surface area contributed by atoms with Crippen LogP contribution < -0.4 is 4.90 Å². The number of rotatable bonds is 14. The van der Waals surface area contributed by atoms with Crippen molar-refractivity contribution in [2.75, 3.05) is 36.6 Å². The molecule has 2 aliphatic heterocycles. The quantitative estimate of drug-likeness (QED) is 0.167. The molecule has 2 aromatic rings. The summed E-state index contributed by atoms with van der Waals surface area (Å²) in [7, 11) is -16.2. The van der Waals surface area contributed by atoms with E-state index in [4.69, 9.17) is 4.74 Å². The largest absolute Gasteiger partial charge is 0.748 e. The molecule has 0 amide bonds. The number of hydrogen-bond donors (Lipinski definition) is 3. The molecule has 0 radical (unpaired) electrons. The minimum absolute atomic E-state index is 0.0104. The topological polar surface area (TPSA) is 236 Å². The summed E-state index contributed by atoms with van der Waals surface area (Å²) < 4.78 is 142. The Kier molecular flexibility index (Phi) is 12.1. The maximum absolute atomic E-state index is 12.0. The summed E-state index contributed by atoms with van der Waals surface area (Å²) in [6.45, 7) is 7.82. The number of methoxy groups -OCH3 is 1. The van der Waals surface area contributed by atoms with Crippen molar-refractivity contribution in [3.63, 3.8) is 0 Å². The number of fused-ring (bicyclic) bond motifs is 2. The van der Waals surface area contributed by atoms with Gasteiger partial charge in [0.1, 0.15) is 12.3 Å². The minimum atomic E-state index is -4.52. The molecule has 0 unspecified atom stereocenters. The predicted octanol–water partition coefficient (Wildman–Crippen LogP) is 5.02. The standard InChI is InChI=1S/C37H46N2O13S4/c1-36(2)29-23-27(55(46,47)48)13-15-31(29)38(19-7-21-53(40,41)42)33(36)17-11-25-9-6-10-26(35(25)52-5)12-18-34-37(3,4)30-24-28(56(49,50)51)14-16-32(30)39(34)20-8-22-54(43,44)45/h11-18,23-24H,6-10,19-22H2,1-5H3,(H3-,40,41,42,43,44,45,46,47,48,49,50,51). The van der Waals surface area contributed by atoms with E-state index in [2.05, 4.69) is 0 Å². The lowest BCUT2D eigenvalue weighted by molar-refractivity contribution is -0.437. The fourth-order valence-corrected chi connectivity index (χ4v) is 9.75. The summed E-state index contributed by atoms with van der Waals surface area (Å²) in [5, 5.41) is 0. The Bertz CT molecular complexity index is 2550. The molecule has 0 fully saturated rings. The van der Waals surface area contributed by atoms with Crippen molar-refractivity contribution in [3.05, 3.63) is 94.4 Å². The number of allylic oxidation sites excluding steroid dienone is 7. The third kappa shape index (κ3) is 9.36. The van der Waals surface area contributed by atoms with Gasteiger partial charge in [-0.2, -0.15) is 29.8 Å². The third-order valence-corrected chi connectivity index (χ3v) is 13.7. The zero-order valence-corrected chi connectivity index (χ0v) is 34.9. The Labute approximate surface area is 328 Å². The van der Waals surface area contributed by atoms with Crippen molar-refractivity contribution in [1.29, 1.82) is 0 Å². The number of hydrogen-bond acceptors (Lipinski definition) is 11. The SMILES string of the molecule is COC1=C(/C=C/C2=[N+](CCCS(=O)(=O)[O-])c3ccc(S(=O)(=O)O)cc3C2(C)C)CCC/C1=C\C=C1\N(CCCS(=O)(=O)O)c2ccc(S(=O)(=O)O)cc2C1(C)C. The van der Waals surface area contributed by atoms with Gasteiger partial charge < -0.3 is 14.2 Å². The van der Waals surface area contributed by atoms with Crippen molar-refractivity contribution in [2.45, 2.75) is 80.4 Å². The average Bonchev–Trinajstić information content (AvgIpc) is 3.41. The highest BCUT2D eigenvalue weighted by Crippen LogP contribution is 2.49. The molecule has 1 aliphatic carbocycles. The number of benzene rings is 2. The molecule has 15 nitrogen and oxygen atoms in total. The van der Waals surface area contributed by atoms with E-state index in [0.717, 1.165) is 17.6 Å². The second kappa shape index (κ2) is 15.6. The molecule has 56 heavy (non-hydrogen) atoms. The van der Waals surface area contributed by atoms with Crippen molar-refractivity contribution in [3.8, 4) is 0 Å². The van der Waals surface area contributed by atoms with Gasteiger partial charge in [-0.3, -0.25) is 13.7 Å². The van der Waals surface area contributed by atoms with Gasteiger partial charge in [-0.1, -0.05) is 19.9 Å². The molecule has 306 valence electrons. The van der Waals surface area contributed by atoms with Crippen LogP contribution in [0.15, 0.2) is 93.1 Å². The first kappa shape index (κ1) is 43.4. The van der Waals surface area contributed by atoms with Crippen LogP contribution in [0.4, 0.5) is 11.4 Å². The number of nitrogens with zero attached hydrogens (tertiary/aromatic N) is 2. The lowest BCUT2D eigenvalue weighted by atomic mass is 9.81. The van der Waals surface area contributed by atoms with Gasteiger partial charge in [0, 0.05) is 53.2 Å². The number of ether oxygens (including phenoxy) is 1. The van der Waals surface area contributed by atoms with Gasteiger partial charge in [0.05, 0.1) is 38.2 Å². The molecule has 0 aromatic heterocycles. The molecule has 2 aromatic carbocycles. The first-order valence-electron chi connectivity index (χ1n) is 17.7. The molecule has 0 spiro atoms. The molecule has 19 heteroatoms. The summed E-state index contributed by atoms with van der Waals surface area (Å²) in [4.78, 5) is 1.29. The van der Waals surface area contributed by atoms with Crippen LogP contribution in [0.3, 0.4) is 0 Å². The van der Waals surface area contributed by atoms with Crippen LogP contribution >= 0.6 is 0 Å². The molecule has 5 rings (SSSR count). The second-order valence-corrected chi connectivity index (χ2v) is 20.9. The van der Waals surface area contributed by atoms with Crippen molar-refractivity contribution in [1.82, 2.24) is 0 Å². The molecule has 0 bridgehead atoms. The van der Waals surface area contributed by atoms with E-state index in [0.29, 0.717) is 52.5 Å². The van der Waals surface area contributed by atoms with Gasteiger partial charge in [-0.25, -0.2) is 8.42 Å². The predicted molar refractivity (Wildman–Crippen MR) is 209 cm³/mol. The van der Waals surface area contributed by atoms with Crippen LogP contribution in [-0.4, -0.2) is 93.9 Å². The molecule has 0 atom stereocenters. The van der Waals surface area contributed by atoms with Crippen LogP contribution in [-0.2, 0) is 56.0 Å². The van der Waals surface area contributed by atoms with Crippen LogP contribution in [0, 0.1) is 0 Å². The number of anilines is 1. The summed E-state index contributed by atoms with van der Waals surface area (Å²) in [6.07, 6.45) is 9.59. The maximum Gasteiger partial charge on any atom is 0.294 e. The lowest BCUT2D eigenvalue weighted by Crippen LogP contribution is -2.28. The van der Waals surface area contributed by atoms with Crippen molar-refractivity contribution >= 4 is 57.6 Å². The smallest absolute Gasteiger partial charge is 0.294 e. The summed E-state index contributed by atoms with van der Waals surface area (Å²) in [5.74, 6) is -0.486. The Morgan fingerprint density at radius 3 is 2.02 bits per heavy atom. The fourth-order valence-electron chi connectivity index (χ4n) is 7.76. The van der Waals surface area contributed by atoms with Crippen LogP contribution in [0.2, 0.25) is 0 Å². The Morgan fingerprint density at radius 1 is 0.804 bits per heavy atom. The highest BCUT2D eigenvalue weighted by molar-refractivity contribution is 7.86. The zero-order valence-electron chi connectivity index (χ0n) is 31.6. The lowest BCUT2D eigenvalue weighted by Gasteiger charge is -2.27. The van der Waals surface area contributed by atoms with Crippen LogP contribution in [0.1, 0.15) is 70.9 Å². The molecule has 3 aliphatic rings. The van der Waals surface area contributed by atoms with Gasteiger partial charge in [0.2, 0.25) is 5.69 Å². The maximum atomic E-state index is 12.0. The Morgan fingerprint density at radius 2 is 1.43 bits per heavy atom. The van der Waals surface area contributed by atoms with E-state index in [9.17, 15) is 51.9 Å². The monoisotopic (exact) mass is 854 g/mol. The van der Waals surface area contributed by atoms with Gasteiger partial charge >= 0.3 is 0 Å². The summed E-state index contributed by atoms with van der Waals surface area (Å²) in [6, 6.07) is 8.41. The zero-order chi connectivity index (χ0) is 41.6. The summed E-state index contributed by atoms with van der Waals surface area (Å²) >= 11 is 0. The van der Waals surface area contributed by atoms with Crippen LogP contribution in [0.25, 0.3) is 0 Å². The van der Waals surface area contributed by atoms with E-state index in [1.54, 1.807) is 19.2 Å². The summed E-state index contributed by atoms with van der Waals surface area (Å²) in [5.41, 5.74) is 3.86. The van der Waals surface area contributed by atoms with Gasteiger partial charge in [-0.05, 0) is 98.7 Å². The molecule has 0 saturated carbocycles. The normalized spacial score (nSPS) is 20.1. The highest BCUT2D eigenvalue weighted by atomic mass is 32.2.